The van der Waals surface area contributed by atoms with Crippen LogP contribution in [-0.2, 0) is 22.5 Å². The van der Waals surface area contributed by atoms with E-state index in [1.807, 2.05) is 11.1 Å². The maximum Gasteiger partial charge on any atom is 0.426 e. The molecule has 0 radical (unpaired) electrons. The summed E-state index contributed by atoms with van der Waals surface area (Å²) in [5, 5.41) is 12.9. The average Bonchev–Trinajstić information content (AvgIpc) is 3.42. The van der Waals surface area contributed by atoms with Crippen molar-refractivity contribution in [3.63, 3.8) is 0 Å². The van der Waals surface area contributed by atoms with E-state index in [0.29, 0.717) is 25.6 Å². The SMILES string of the molecule is CCc1cc(CC(NC(=O)ON2CCCCC2)C(=O)N2CCN(C3CCN(C)CC3)CC2)cc2cn[nH]c12. The van der Waals surface area contributed by atoms with Gasteiger partial charge >= 0.3 is 6.09 Å². The Hall–Kier alpha value is -2.69. The molecule has 2 aromatic rings. The van der Waals surface area contributed by atoms with E-state index in [-0.39, 0.29) is 5.91 Å². The fraction of sp³-hybridized carbons (Fsp3) is 0.679. The van der Waals surface area contributed by atoms with E-state index < -0.39 is 12.1 Å². The van der Waals surface area contributed by atoms with Crippen molar-refractivity contribution in [1.29, 1.82) is 0 Å². The van der Waals surface area contributed by atoms with Crippen LogP contribution in [0, 0.1) is 0 Å². The Balaban J connectivity index is 1.27. The van der Waals surface area contributed by atoms with Crippen molar-refractivity contribution < 1.29 is 14.4 Å². The van der Waals surface area contributed by atoms with E-state index in [2.05, 4.69) is 51.4 Å². The second kappa shape index (κ2) is 12.4. The number of hydroxylamine groups is 2. The van der Waals surface area contributed by atoms with Gasteiger partial charge in [-0.2, -0.15) is 5.10 Å². The van der Waals surface area contributed by atoms with E-state index in [1.54, 1.807) is 5.06 Å². The number of fused-ring (bicyclic) bond motifs is 1. The first-order valence-electron chi connectivity index (χ1n) is 14.4. The predicted octanol–water partition coefficient (Wildman–Crippen LogP) is 2.40. The van der Waals surface area contributed by atoms with Gasteiger partial charge in [-0.1, -0.05) is 19.4 Å². The van der Waals surface area contributed by atoms with E-state index in [0.717, 1.165) is 87.0 Å². The summed E-state index contributed by atoms with van der Waals surface area (Å²) >= 11 is 0. The summed E-state index contributed by atoms with van der Waals surface area (Å²) in [4.78, 5) is 39.2. The molecule has 1 unspecified atom stereocenters. The van der Waals surface area contributed by atoms with Crippen molar-refractivity contribution in [3.8, 4) is 0 Å². The lowest BCUT2D eigenvalue weighted by Crippen LogP contribution is -2.58. The van der Waals surface area contributed by atoms with Crippen molar-refractivity contribution in [3.05, 3.63) is 29.5 Å². The van der Waals surface area contributed by atoms with Gasteiger partial charge in [-0.25, -0.2) is 4.79 Å². The number of piperazine rings is 1. The number of nitrogens with one attached hydrogen (secondary N) is 2. The van der Waals surface area contributed by atoms with Gasteiger partial charge in [-0.15, -0.1) is 5.06 Å². The number of piperidine rings is 2. The third kappa shape index (κ3) is 6.47. The molecule has 0 aliphatic carbocycles. The molecule has 1 aromatic heterocycles. The van der Waals surface area contributed by atoms with Gasteiger partial charge in [0, 0.05) is 57.1 Å². The molecule has 4 heterocycles. The zero-order valence-electron chi connectivity index (χ0n) is 23.0. The normalized spacial score (nSPS) is 21.5. The minimum Gasteiger partial charge on any atom is -0.351 e. The van der Waals surface area contributed by atoms with Crippen LogP contribution in [0.3, 0.4) is 0 Å². The first kappa shape index (κ1) is 26.9. The fourth-order valence-electron chi connectivity index (χ4n) is 6.16. The average molecular weight is 526 g/mol. The number of aryl methyl sites for hydroxylation is 1. The second-order valence-electron chi connectivity index (χ2n) is 11.1. The van der Waals surface area contributed by atoms with E-state index in [9.17, 15) is 9.59 Å². The molecule has 0 bridgehead atoms. The van der Waals surface area contributed by atoms with Gasteiger partial charge in [-0.3, -0.25) is 14.8 Å². The van der Waals surface area contributed by atoms with Gasteiger partial charge < -0.3 is 20.0 Å². The van der Waals surface area contributed by atoms with Crippen molar-refractivity contribution in [2.24, 2.45) is 0 Å². The molecular weight excluding hydrogens is 482 g/mol. The lowest BCUT2D eigenvalue weighted by molar-refractivity contribution is -0.137. The van der Waals surface area contributed by atoms with Crippen molar-refractivity contribution in [1.82, 2.24) is 35.3 Å². The van der Waals surface area contributed by atoms with Crippen LogP contribution in [0.1, 0.15) is 50.2 Å². The fourth-order valence-corrected chi connectivity index (χ4v) is 6.16. The maximum atomic E-state index is 13.8. The molecule has 1 aromatic carbocycles. The summed E-state index contributed by atoms with van der Waals surface area (Å²) in [5.41, 5.74) is 3.20. The number of likely N-dealkylation sites (tertiary alicyclic amines) is 1. The number of nitrogens with zero attached hydrogens (tertiary/aromatic N) is 5. The molecule has 10 nitrogen and oxygen atoms in total. The van der Waals surface area contributed by atoms with Crippen molar-refractivity contribution in [2.75, 3.05) is 59.4 Å². The predicted molar refractivity (Wildman–Crippen MR) is 147 cm³/mol. The van der Waals surface area contributed by atoms with Crippen molar-refractivity contribution >= 4 is 22.9 Å². The Morgan fingerprint density at radius 2 is 1.79 bits per heavy atom. The molecule has 0 saturated carbocycles. The van der Waals surface area contributed by atoms with Crippen molar-refractivity contribution in [2.45, 2.75) is 64.0 Å². The van der Waals surface area contributed by atoms with E-state index in [4.69, 9.17) is 4.84 Å². The molecule has 2 N–H and O–H groups in total. The number of benzene rings is 1. The van der Waals surface area contributed by atoms with E-state index >= 15 is 0 Å². The minimum atomic E-state index is -0.684. The number of hydrogen-bond donors (Lipinski definition) is 2. The molecule has 3 aliphatic rings. The van der Waals surface area contributed by atoms with Crippen LogP contribution in [-0.4, -0.2) is 113 Å². The summed E-state index contributed by atoms with van der Waals surface area (Å²) in [5.74, 6) is -0.0334. The molecule has 38 heavy (non-hydrogen) atoms. The molecule has 3 saturated heterocycles. The molecule has 3 fully saturated rings. The molecule has 3 aliphatic heterocycles. The Morgan fingerprint density at radius 3 is 2.50 bits per heavy atom. The lowest BCUT2D eigenvalue weighted by Gasteiger charge is -2.42. The summed E-state index contributed by atoms with van der Waals surface area (Å²) in [6, 6.07) is 4.10. The van der Waals surface area contributed by atoms with Gasteiger partial charge in [-0.05, 0) is 69.4 Å². The molecule has 208 valence electrons. The van der Waals surface area contributed by atoms with Crippen LogP contribution in [0.15, 0.2) is 18.3 Å². The summed E-state index contributed by atoms with van der Waals surface area (Å²) in [6.45, 7) is 8.99. The lowest BCUT2D eigenvalue weighted by atomic mass is 9.98. The standard InChI is InChI=1S/C28H43N7O3/c1-3-22-17-21(18-23-20-29-31-26(22)23)19-25(30-28(37)38-35-9-5-4-6-10-35)27(36)34-15-13-33(14-16-34)24-7-11-32(2)12-8-24/h17-18,20,24-25H,3-16,19H2,1-2H3,(H,29,31)(H,30,37). The van der Waals surface area contributed by atoms with Crippen LogP contribution in [0.4, 0.5) is 4.79 Å². The largest absolute Gasteiger partial charge is 0.426 e. The van der Waals surface area contributed by atoms with E-state index in [1.165, 1.54) is 12.8 Å². The molecule has 10 heteroatoms. The Morgan fingerprint density at radius 1 is 1.05 bits per heavy atom. The Bertz CT molecular complexity index is 1080. The number of H-pyrrole nitrogens is 1. The highest BCUT2D eigenvalue weighted by molar-refractivity contribution is 5.87. The molecule has 5 rings (SSSR count). The second-order valence-corrected chi connectivity index (χ2v) is 11.1. The van der Waals surface area contributed by atoms with Gasteiger partial charge in [0.15, 0.2) is 0 Å². The topological polar surface area (TPSA) is 97.0 Å². The zero-order valence-corrected chi connectivity index (χ0v) is 23.0. The molecular formula is C28H43N7O3. The van der Waals surface area contributed by atoms with Gasteiger partial charge in [0.2, 0.25) is 5.91 Å². The van der Waals surface area contributed by atoms with Crippen LogP contribution in [0.25, 0.3) is 10.9 Å². The third-order valence-electron chi connectivity index (χ3n) is 8.46. The number of hydrogen-bond acceptors (Lipinski definition) is 7. The first-order chi connectivity index (χ1) is 18.5. The highest BCUT2D eigenvalue weighted by Gasteiger charge is 2.32. The Labute approximate surface area is 225 Å². The number of carbonyl (C=O) groups is 2. The molecule has 2 amide bonds. The van der Waals surface area contributed by atoms with Gasteiger partial charge in [0.05, 0.1) is 11.7 Å². The zero-order chi connectivity index (χ0) is 26.5. The monoisotopic (exact) mass is 525 g/mol. The summed E-state index contributed by atoms with van der Waals surface area (Å²) < 4.78 is 0. The summed E-state index contributed by atoms with van der Waals surface area (Å²) in [6.07, 6.45) is 8.10. The smallest absolute Gasteiger partial charge is 0.351 e. The highest BCUT2D eigenvalue weighted by Crippen LogP contribution is 2.22. The maximum absolute atomic E-state index is 13.8. The number of rotatable bonds is 7. The summed E-state index contributed by atoms with van der Waals surface area (Å²) in [7, 11) is 2.18. The molecule has 0 spiro atoms. The number of aromatic nitrogens is 2. The number of carbonyl (C=O) groups excluding carboxylic acids is 2. The van der Waals surface area contributed by atoms with Crippen LogP contribution in [0.5, 0.6) is 0 Å². The van der Waals surface area contributed by atoms with Crippen LogP contribution < -0.4 is 5.32 Å². The van der Waals surface area contributed by atoms with Crippen LogP contribution >= 0.6 is 0 Å². The minimum absolute atomic E-state index is 0.0334. The number of amides is 2. The Kier molecular flexibility index (Phi) is 8.81. The van der Waals surface area contributed by atoms with Gasteiger partial charge in [0.25, 0.3) is 0 Å². The third-order valence-corrected chi connectivity index (χ3v) is 8.46. The highest BCUT2D eigenvalue weighted by atomic mass is 16.7. The van der Waals surface area contributed by atoms with Crippen LogP contribution in [0.2, 0.25) is 0 Å². The number of aromatic amines is 1. The van der Waals surface area contributed by atoms with Gasteiger partial charge in [0.1, 0.15) is 6.04 Å². The first-order valence-corrected chi connectivity index (χ1v) is 14.4. The quantitative estimate of drug-likeness (QED) is 0.573. The molecule has 1 atom stereocenters.